The molecule has 0 amide bonds. The summed E-state index contributed by atoms with van der Waals surface area (Å²) >= 11 is 0. The lowest BCUT2D eigenvalue weighted by molar-refractivity contribution is 0.426. The molecule has 0 bridgehead atoms. The van der Waals surface area contributed by atoms with Crippen LogP contribution in [-0.2, 0) is 0 Å². The van der Waals surface area contributed by atoms with Crippen molar-refractivity contribution >= 4 is 12.4 Å². The maximum Gasteiger partial charge on any atom is 0.120 e. The summed E-state index contributed by atoms with van der Waals surface area (Å²) in [7, 11) is 0. The average Bonchev–Trinajstić information content (AvgIpc) is 2.52. The van der Waals surface area contributed by atoms with Crippen LogP contribution < -0.4 is 5.73 Å². The summed E-state index contributed by atoms with van der Waals surface area (Å²) in [6.45, 7) is 4.14. The van der Waals surface area contributed by atoms with E-state index in [2.05, 4.69) is 6.92 Å². The summed E-state index contributed by atoms with van der Waals surface area (Å²) < 4.78 is 5.45. The smallest absolute Gasteiger partial charge is 0.120 e. The lowest BCUT2D eigenvalue weighted by Gasteiger charge is -2.07. The molecule has 0 radical (unpaired) electrons. The fourth-order valence-corrected chi connectivity index (χ4v) is 1.41. The molecule has 0 saturated heterocycles. The highest BCUT2D eigenvalue weighted by Crippen LogP contribution is 2.19. The van der Waals surface area contributed by atoms with E-state index in [1.54, 1.807) is 0 Å². The number of hydrogen-bond acceptors (Lipinski definition) is 2. The molecule has 0 aliphatic carbocycles. The molecule has 0 spiro atoms. The van der Waals surface area contributed by atoms with Crippen LogP contribution in [0, 0.1) is 6.92 Å². The largest absolute Gasteiger partial charge is 0.465 e. The number of nitrogens with two attached hydrogens (primary N) is 1. The Morgan fingerprint density at radius 1 is 1.36 bits per heavy atom. The minimum Gasteiger partial charge on any atom is -0.465 e. The third-order valence-electron chi connectivity index (χ3n) is 2.25. The molecule has 2 N–H and O–H groups in total. The fraction of sp³-hybridized carbons (Fsp3) is 0.636. The zero-order chi connectivity index (χ0) is 9.68. The van der Waals surface area contributed by atoms with Gasteiger partial charge in [0.2, 0.25) is 0 Å². The molecule has 0 saturated carbocycles. The van der Waals surface area contributed by atoms with E-state index in [0.29, 0.717) is 0 Å². The van der Waals surface area contributed by atoms with Gasteiger partial charge in [-0.15, -0.1) is 12.4 Å². The van der Waals surface area contributed by atoms with Crippen molar-refractivity contribution in [1.82, 2.24) is 0 Å². The highest BCUT2D eigenvalue weighted by Gasteiger charge is 2.08. The van der Waals surface area contributed by atoms with Gasteiger partial charge in [0, 0.05) is 0 Å². The van der Waals surface area contributed by atoms with Gasteiger partial charge in [-0.25, -0.2) is 0 Å². The van der Waals surface area contributed by atoms with Crippen LogP contribution in [-0.4, -0.2) is 0 Å². The molecule has 1 aromatic rings. The highest BCUT2D eigenvalue weighted by molar-refractivity contribution is 5.85. The van der Waals surface area contributed by atoms with Crippen LogP contribution in [0.5, 0.6) is 0 Å². The van der Waals surface area contributed by atoms with E-state index in [1.165, 1.54) is 19.3 Å². The number of unbranched alkanes of at least 4 members (excludes halogenated alkanes) is 2. The van der Waals surface area contributed by atoms with Crippen molar-refractivity contribution in [2.24, 2.45) is 5.73 Å². The minimum atomic E-state index is 0. The Balaban J connectivity index is 0.00000169. The number of hydrogen-bond donors (Lipinski definition) is 1. The van der Waals surface area contributed by atoms with Crippen LogP contribution in [0.15, 0.2) is 16.5 Å². The normalized spacial score (nSPS) is 12.2. The molecule has 3 heteroatoms. The molecule has 0 unspecified atom stereocenters. The molecule has 0 aromatic carbocycles. The standard InChI is InChI=1S/C11H19NO.ClH/c1-3-4-5-6-10(12)11-8-7-9(2)13-11;/h7-8,10H,3-6,12H2,1-2H3;1H/t10-;/m0./s1. The maximum atomic E-state index is 5.96. The van der Waals surface area contributed by atoms with E-state index in [9.17, 15) is 0 Å². The van der Waals surface area contributed by atoms with Crippen LogP contribution >= 0.6 is 12.4 Å². The summed E-state index contributed by atoms with van der Waals surface area (Å²) in [6, 6.07) is 4.03. The van der Waals surface area contributed by atoms with Crippen LogP contribution in [0.25, 0.3) is 0 Å². The second-order valence-electron chi connectivity index (χ2n) is 3.55. The van der Waals surface area contributed by atoms with Crippen LogP contribution in [0.4, 0.5) is 0 Å². The Morgan fingerprint density at radius 3 is 2.57 bits per heavy atom. The first-order chi connectivity index (χ1) is 6.24. The third-order valence-corrected chi connectivity index (χ3v) is 2.25. The first-order valence-electron chi connectivity index (χ1n) is 5.06. The molecule has 82 valence electrons. The number of aryl methyl sites for hydroxylation is 1. The Kier molecular flexibility index (Phi) is 6.67. The zero-order valence-electron chi connectivity index (χ0n) is 8.95. The van der Waals surface area contributed by atoms with Crippen molar-refractivity contribution in [2.45, 2.75) is 45.6 Å². The molecule has 0 aliphatic rings. The Hall–Kier alpha value is -0.470. The van der Waals surface area contributed by atoms with Crippen molar-refractivity contribution in [3.63, 3.8) is 0 Å². The van der Waals surface area contributed by atoms with Gasteiger partial charge in [0.05, 0.1) is 6.04 Å². The van der Waals surface area contributed by atoms with Gasteiger partial charge in [-0.05, 0) is 25.5 Å². The maximum absolute atomic E-state index is 5.96. The number of halogens is 1. The molecule has 0 aliphatic heterocycles. The predicted octanol–water partition coefficient (Wildman–Crippen LogP) is 3.59. The van der Waals surface area contributed by atoms with Gasteiger partial charge in [0.1, 0.15) is 11.5 Å². The second-order valence-corrected chi connectivity index (χ2v) is 3.55. The van der Waals surface area contributed by atoms with Gasteiger partial charge < -0.3 is 10.2 Å². The van der Waals surface area contributed by atoms with E-state index < -0.39 is 0 Å². The van der Waals surface area contributed by atoms with Crippen LogP contribution in [0.3, 0.4) is 0 Å². The zero-order valence-corrected chi connectivity index (χ0v) is 9.77. The summed E-state index contributed by atoms with van der Waals surface area (Å²) in [5.74, 6) is 1.87. The lowest BCUT2D eigenvalue weighted by atomic mass is 10.1. The molecule has 1 heterocycles. The Labute approximate surface area is 92.3 Å². The lowest BCUT2D eigenvalue weighted by Crippen LogP contribution is -2.08. The van der Waals surface area contributed by atoms with Gasteiger partial charge in [0.25, 0.3) is 0 Å². The minimum absolute atomic E-state index is 0. The van der Waals surface area contributed by atoms with Gasteiger partial charge >= 0.3 is 0 Å². The highest BCUT2D eigenvalue weighted by atomic mass is 35.5. The van der Waals surface area contributed by atoms with Crippen molar-refractivity contribution in [3.8, 4) is 0 Å². The molecule has 1 atom stereocenters. The Bertz CT molecular complexity index is 247. The number of rotatable bonds is 5. The van der Waals surface area contributed by atoms with E-state index in [0.717, 1.165) is 17.9 Å². The van der Waals surface area contributed by atoms with Crippen molar-refractivity contribution in [2.75, 3.05) is 0 Å². The van der Waals surface area contributed by atoms with Crippen LogP contribution in [0.2, 0.25) is 0 Å². The van der Waals surface area contributed by atoms with E-state index in [4.69, 9.17) is 10.2 Å². The van der Waals surface area contributed by atoms with Crippen molar-refractivity contribution < 1.29 is 4.42 Å². The summed E-state index contributed by atoms with van der Waals surface area (Å²) in [6.07, 6.45) is 4.72. The second kappa shape index (κ2) is 6.91. The summed E-state index contributed by atoms with van der Waals surface area (Å²) in [5, 5.41) is 0. The number of furan rings is 1. The first kappa shape index (κ1) is 13.5. The van der Waals surface area contributed by atoms with E-state index >= 15 is 0 Å². The van der Waals surface area contributed by atoms with Crippen LogP contribution in [0.1, 0.15) is 50.2 Å². The summed E-state index contributed by atoms with van der Waals surface area (Å²) in [5.41, 5.74) is 5.96. The fourth-order valence-electron chi connectivity index (χ4n) is 1.41. The topological polar surface area (TPSA) is 39.2 Å². The molecule has 1 rings (SSSR count). The molecule has 2 nitrogen and oxygen atoms in total. The molecular formula is C11H20ClNO. The van der Waals surface area contributed by atoms with Crippen molar-refractivity contribution in [1.29, 1.82) is 0 Å². The first-order valence-corrected chi connectivity index (χ1v) is 5.06. The van der Waals surface area contributed by atoms with E-state index in [1.807, 2.05) is 19.1 Å². The summed E-state index contributed by atoms with van der Waals surface area (Å²) in [4.78, 5) is 0. The monoisotopic (exact) mass is 217 g/mol. The molecule has 1 aromatic heterocycles. The molecule has 0 fully saturated rings. The van der Waals surface area contributed by atoms with Gasteiger partial charge in [0.15, 0.2) is 0 Å². The molecule has 14 heavy (non-hydrogen) atoms. The SMILES string of the molecule is CCCCC[C@H](N)c1ccc(C)o1.Cl. The predicted molar refractivity (Wildman–Crippen MR) is 61.8 cm³/mol. The average molecular weight is 218 g/mol. The Morgan fingerprint density at radius 2 is 2.07 bits per heavy atom. The molecular weight excluding hydrogens is 198 g/mol. The van der Waals surface area contributed by atoms with Gasteiger partial charge in [-0.3, -0.25) is 0 Å². The van der Waals surface area contributed by atoms with Gasteiger partial charge in [-0.1, -0.05) is 26.2 Å². The van der Waals surface area contributed by atoms with Gasteiger partial charge in [-0.2, -0.15) is 0 Å². The quantitative estimate of drug-likeness (QED) is 0.766. The van der Waals surface area contributed by atoms with Crippen molar-refractivity contribution in [3.05, 3.63) is 23.7 Å². The van der Waals surface area contributed by atoms with E-state index in [-0.39, 0.29) is 18.4 Å². The third kappa shape index (κ3) is 4.16.